The summed E-state index contributed by atoms with van der Waals surface area (Å²) in [7, 11) is 0. The van der Waals surface area contributed by atoms with Crippen molar-refractivity contribution in [2.45, 2.75) is 25.4 Å². The van der Waals surface area contributed by atoms with E-state index in [0.717, 1.165) is 0 Å². The first-order chi connectivity index (χ1) is 7.82. The minimum absolute atomic E-state index is 0.252. The Kier molecular flexibility index (Phi) is 4.11. The predicted octanol–water partition coefficient (Wildman–Crippen LogP) is 2.04. The molecular formula is C11H11F3O3. The van der Waals surface area contributed by atoms with Crippen molar-refractivity contribution < 1.29 is 28.2 Å². The molecule has 0 aliphatic carbocycles. The zero-order valence-electron chi connectivity index (χ0n) is 8.95. The van der Waals surface area contributed by atoms with Crippen LogP contribution in [0.5, 0.6) is 0 Å². The maximum Gasteiger partial charge on any atom is 0.305 e. The van der Waals surface area contributed by atoms with Crippen molar-refractivity contribution >= 4 is 5.97 Å². The average Bonchev–Trinajstić information content (AvgIpc) is 2.21. The second-order valence-corrected chi connectivity index (χ2v) is 3.74. The van der Waals surface area contributed by atoms with Gasteiger partial charge in [0.25, 0.3) is 0 Å². The van der Waals surface area contributed by atoms with Gasteiger partial charge in [0.15, 0.2) is 11.6 Å². The molecule has 0 aromatic heterocycles. The van der Waals surface area contributed by atoms with Crippen molar-refractivity contribution in [1.82, 2.24) is 0 Å². The van der Waals surface area contributed by atoms with E-state index >= 15 is 0 Å². The molecule has 2 unspecified atom stereocenters. The van der Waals surface area contributed by atoms with Gasteiger partial charge in [-0.2, -0.15) is 0 Å². The number of rotatable bonds is 4. The smallest absolute Gasteiger partial charge is 0.305 e. The molecule has 0 bridgehead atoms. The third-order valence-corrected chi connectivity index (χ3v) is 2.49. The van der Waals surface area contributed by atoms with Gasteiger partial charge in [-0.15, -0.1) is 0 Å². The molecule has 0 aliphatic rings. The second kappa shape index (κ2) is 5.18. The molecule has 0 amide bonds. The third-order valence-electron chi connectivity index (χ3n) is 2.49. The van der Waals surface area contributed by atoms with Gasteiger partial charge >= 0.3 is 5.97 Å². The lowest BCUT2D eigenvalue weighted by Crippen LogP contribution is -2.21. The number of aliphatic hydroxyl groups excluding tert-OH is 1. The largest absolute Gasteiger partial charge is 0.481 e. The Bertz CT molecular complexity index is 434. The van der Waals surface area contributed by atoms with Crippen LogP contribution in [0.2, 0.25) is 0 Å². The van der Waals surface area contributed by atoms with E-state index < -0.39 is 41.9 Å². The van der Waals surface area contributed by atoms with Gasteiger partial charge in [0.05, 0.1) is 12.5 Å². The Balaban J connectivity index is 2.99. The summed E-state index contributed by atoms with van der Waals surface area (Å²) >= 11 is 0. The second-order valence-electron chi connectivity index (χ2n) is 3.74. The van der Waals surface area contributed by atoms with Gasteiger partial charge in [-0.25, -0.2) is 13.2 Å². The molecule has 0 saturated carbocycles. The number of carboxylic acid groups (broad SMARTS) is 1. The number of aliphatic carboxylic acids is 1. The van der Waals surface area contributed by atoms with Gasteiger partial charge in [0.2, 0.25) is 0 Å². The van der Waals surface area contributed by atoms with Gasteiger partial charge in [-0.05, 0) is 11.6 Å². The fraction of sp³-hybridized carbons (Fsp3) is 0.364. The molecule has 0 fully saturated rings. The fourth-order valence-electron chi connectivity index (χ4n) is 1.45. The Hall–Kier alpha value is -1.56. The summed E-state index contributed by atoms with van der Waals surface area (Å²) < 4.78 is 38.9. The highest BCUT2D eigenvalue weighted by Crippen LogP contribution is 2.25. The SMILES string of the molecule is CC(c1cc(F)c(F)cc1F)C(O)CC(=O)O. The molecule has 2 atom stereocenters. The summed E-state index contributed by atoms with van der Waals surface area (Å²) in [5.74, 6) is -5.78. The van der Waals surface area contributed by atoms with Crippen molar-refractivity contribution in [1.29, 1.82) is 0 Å². The number of hydrogen-bond donors (Lipinski definition) is 2. The van der Waals surface area contributed by atoms with E-state index in [1.165, 1.54) is 6.92 Å². The molecule has 94 valence electrons. The van der Waals surface area contributed by atoms with Gasteiger partial charge < -0.3 is 10.2 Å². The van der Waals surface area contributed by atoms with Crippen LogP contribution >= 0.6 is 0 Å². The number of aliphatic hydroxyl groups is 1. The topological polar surface area (TPSA) is 57.5 Å². The standard InChI is InChI=1S/C11H11F3O3/c1-5(10(15)4-11(16)17)6-2-8(13)9(14)3-7(6)12/h2-3,5,10,15H,4H2,1H3,(H,16,17). The van der Waals surface area contributed by atoms with Crippen LogP contribution in [0.4, 0.5) is 13.2 Å². The minimum atomic E-state index is -1.37. The van der Waals surface area contributed by atoms with Crippen molar-refractivity contribution in [2.24, 2.45) is 0 Å². The molecule has 0 spiro atoms. The maximum absolute atomic E-state index is 13.3. The summed E-state index contributed by atoms with van der Waals surface area (Å²) in [4.78, 5) is 10.4. The summed E-state index contributed by atoms with van der Waals surface area (Å²) in [5, 5.41) is 17.9. The van der Waals surface area contributed by atoms with Crippen molar-refractivity contribution in [3.8, 4) is 0 Å². The molecule has 1 rings (SSSR count). The molecule has 3 nitrogen and oxygen atoms in total. The zero-order valence-corrected chi connectivity index (χ0v) is 8.95. The maximum atomic E-state index is 13.3. The molecule has 0 heterocycles. The van der Waals surface area contributed by atoms with Crippen LogP contribution in [0.1, 0.15) is 24.8 Å². The third kappa shape index (κ3) is 3.20. The van der Waals surface area contributed by atoms with Crippen molar-refractivity contribution in [3.05, 3.63) is 35.1 Å². The van der Waals surface area contributed by atoms with E-state index in [9.17, 15) is 23.1 Å². The van der Waals surface area contributed by atoms with E-state index in [1.807, 2.05) is 0 Å². The zero-order chi connectivity index (χ0) is 13.2. The van der Waals surface area contributed by atoms with Crippen molar-refractivity contribution in [3.63, 3.8) is 0 Å². The summed E-state index contributed by atoms with van der Waals surface area (Å²) in [6, 6.07) is 0.995. The first kappa shape index (κ1) is 13.5. The molecular weight excluding hydrogens is 237 g/mol. The Morgan fingerprint density at radius 2 is 1.76 bits per heavy atom. The monoisotopic (exact) mass is 248 g/mol. The van der Waals surface area contributed by atoms with E-state index in [-0.39, 0.29) is 5.56 Å². The van der Waals surface area contributed by atoms with Crippen LogP contribution in [0.25, 0.3) is 0 Å². The van der Waals surface area contributed by atoms with E-state index in [4.69, 9.17) is 5.11 Å². The number of carboxylic acids is 1. The molecule has 6 heteroatoms. The molecule has 0 aliphatic heterocycles. The lowest BCUT2D eigenvalue weighted by Gasteiger charge is -2.18. The first-order valence-corrected chi connectivity index (χ1v) is 4.87. The molecule has 17 heavy (non-hydrogen) atoms. The van der Waals surface area contributed by atoms with Crippen LogP contribution in [0, 0.1) is 17.5 Å². The number of hydrogen-bond acceptors (Lipinski definition) is 2. The van der Waals surface area contributed by atoms with E-state index in [2.05, 4.69) is 0 Å². The molecule has 1 aromatic carbocycles. The summed E-state index contributed by atoms with van der Waals surface area (Å²) in [6.07, 6.45) is -1.97. The molecule has 0 saturated heterocycles. The molecule has 0 radical (unpaired) electrons. The first-order valence-electron chi connectivity index (χ1n) is 4.87. The Morgan fingerprint density at radius 3 is 2.29 bits per heavy atom. The van der Waals surface area contributed by atoms with Gasteiger partial charge in [-0.3, -0.25) is 4.79 Å². The van der Waals surface area contributed by atoms with Gasteiger partial charge in [0, 0.05) is 12.0 Å². The van der Waals surface area contributed by atoms with Gasteiger partial charge in [-0.1, -0.05) is 6.92 Å². The van der Waals surface area contributed by atoms with E-state index in [0.29, 0.717) is 12.1 Å². The molecule has 1 aromatic rings. The van der Waals surface area contributed by atoms with Gasteiger partial charge in [0.1, 0.15) is 5.82 Å². The van der Waals surface area contributed by atoms with Crippen LogP contribution in [0.3, 0.4) is 0 Å². The summed E-state index contributed by atoms with van der Waals surface area (Å²) in [5.41, 5.74) is -0.252. The number of halogens is 3. The Morgan fingerprint density at radius 1 is 1.24 bits per heavy atom. The highest BCUT2D eigenvalue weighted by Gasteiger charge is 2.23. The van der Waals surface area contributed by atoms with Crippen LogP contribution in [-0.2, 0) is 4.79 Å². The highest BCUT2D eigenvalue weighted by molar-refractivity contribution is 5.67. The minimum Gasteiger partial charge on any atom is -0.481 e. The normalized spacial score (nSPS) is 14.4. The van der Waals surface area contributed by atoms with E-state index in [1.54, 1.807) is 0 Å². The predicted molar refractivity (Wildman–Crippen MR) is 53.0 cm³/mol. The quantitative estimate of drug-likeness (QED) is 0.802. The van der Waals surface area contributed by atoms with Crippen LogP contribution in [0.15, 0.2) is 12.1 Å². The average molecular weight is 248 g/mol. The number of benzene rings is 1. The fourth-order valence-corrected chi connectivity index (χ4v) is 1.45. The van der Waals surface area contributed by atoms with Crippen molar-refractivity contribution in [2.75, 3.05) is 0 Å². The van der Waals surface area contributed by atoms with Crippen LogP contribution in [-0.4, -0.2) is 22.3 Å². The number of carbonyl (C=O) groups is 1. The van der Waals surface area contributed by atoms with Crippen LogP contribution < -0.4 is 0 Å². The lowest BCUT2D eigenvalue weighted by molar-refractivity contribution is -0.139. The lowest BCUT2D eigenvalue weighted by atomic mass is 9.93. The Labute approximate surface area is 95.5 Å². The summed E-state index contributed by atoms with van der Waals surface area (Å²) in [6.45, 7) is 1.34. The highest BCUT2D eigenvalue weighted by atomic mass is 19.2. The molecule has 2 N–H and O–H groups in total.